The number of nitrogens with one attached hydrogen (secondary N) is 1. The molecule has 0 spiro atoms. The van der Waals surface area contributed by atoms with Gasteiger partial charge < -0.3 is 14.6 Å². The molecule has 2 aromatic carbocycles. The van der Waals surface area contributed by atoms with Crippen LogP contribution in [0.5, 0.6) is 0 Å². The van der Waals surface area contributed by atoms with Crippen molar-refractivity contribution in [2.45, 2.75) is 17.9 Å². The standard InChI is InChI=1S/C22H24N4O6S/c1-15(23-20(27)16-6-4-3-5-7-16)21(28)25-10-12-26(13-11-25)33(30,31)17-8-9-18-19(14-17)32-22(29)24(18)2/h3-9,14-15H,10-13H2,1-2H3,(H,23,27). The van der Waals surface area contributed by atoms with Crippen molar-refractivity contribution in [3.63, 3.8) is 0 Å². The molecule has 4 rings (SSSR count). The molecule has 0 saturated carbocycles. The van der Waals surface area contributed by atoms with E-state index in [1.54, 1.807) is 49.2 Å². The first-order valence-corrected chi connectivity index (χ1v) is 11.9. The molecule has 1 aliphatic heterocycles. The average molecular weight is 473 g/mol. The molecule has 0 aliphatic carbocycles. The number of rotatable bonds is 5. The summed E-state index contributed by atoms with van der Waals surface area (Å²) in [6.07, 6.45) is 0. The van der Waals surface area contributed by atoms with E-state index in [0.717, 1.165) is 0 Å². The zero-order valence-electron chi connectivity index (χ0n) is 18.2. The summed E-state index contributed by atoms with van der Waals surface area (Å²) in [7, 11) is -2.28. The maximum absolute atomic E-state index is 13.1. The molecule has 3 aromatic rings. The quantitative estimate of drug-likeness (QED) is 0.586. The van der Waals surface area contributed by atoms with Crippen LogP contribution in [-0.2, 0) is 21.9 Å². The van der Waals surface area contributed by atoms with Crippen LogP contribution in [0, 0.1) is 0 Å². The molecule has 0 bridgehead atoms. The predicted molar refractivity (Wildman–Crippen MR) is 120 cm³/mol. The summed E-state index contributed by atoms with van der Waals surface area (Å²) in [5.74, 6) is -1.19. The fourth-order valence-electron chi connectivity index (χ4n) is 3.78. The SMILES string of the molecule is CC(NC(=O)c1ccccc1)C(=O)N1CCN(S(=O)(=O)c2ccc3c(c2)oc(=O)n3C)CC1. The smallest absolute Gasteiger partial charge is 0.408 e. The number of amides is 2. The van der Waals surface area contributed by atoms with Crippen LogP contribution in [0.2, 0.25) is 0 Å². The maximum Gasteiger partial charge on any atom is 0.419 e. The highest BCUT2D eigenvalue weighted by molar-refractivity contribution is 7.89. The number of carbonyl (C=O) groups excluding carboxylic acids is 2. The lowest BCUT2D eigenvalue weighted by molar-refractivity contribution is -0.134. The fraction of sp³-hybridized carbons (Fsp3) is 0.318. The number of hydrogen-bond acceptors (Lipinski definition) is 6. The minimum absolute atomic E-state index is 0.0209. The summed E-state index contributed by atoms with van der Waals surface area (Å²) in [4.78, 5) is 38.3. The summed E-state index contributed by atoms with van der Waals surface area (Å²) >= 11 is 0. The number of aromatic nitrogens is 1. The van der Waals surface area contributed by atoms with Crippen LogP contribution in [0.15, 0.2) is 62.6 Å². The van der Waals surface area contributed by atoms with E-state index >= 15 is 0 Å². The van der Waals surface area contributed by atoms with E-state index in [9.17, 15) is 22.8 Å². The van der Waals surface area contributed by atoms with E-state index in [1.807, 2.05) is 0 Å². The number of nitrogens with zero attached hydrogens (tertiary/aromatic N) is 3. The van der Waals surface area contributed by atoms with Crippen molar-refractivity contribution in [1.82, 2.24) is 19.1 Å². The Morgan fingerprint density at radius 3 is 2.36 bits per heavy atom. The van der Waals surface area contributed by atoms with Crippen molar-refractivity contribution in [2.75, 3.05) is 26.2 Å². The van der Waals surface area contributed by atoms with Crippen molar-refractivity contribution >= 4 is 32.9 Å². The van der Waals surface area contributed by atoms with Crippen LogP contribution >= 0.6 is 0 Å². The highest BCUT2D eigenvalue weighted by Gasteiger charge is 2.32. The Labute approximate surface area is 190 Å². The second kappa shape index (κ2) is 8.83. The molecule has 1 saturated heterocycles. The Bertz CT molecular complexity index is 1350. The van der Waals surface area contributed by atoms with E-state index in [1.165, 1.54) is 27.1 Å². The highest BCUT2D eigenvalue weighted by Crippen LogP contribution is 2.22. The first-order chi connectivity index (χ1) is 15.7. The van der Waals surface area contributed by atoms with Crippen molar-refractivity contribution in [1.29, 1.82) is 0 Å². The van der Waals surface area contributed by atoms with Crippen LogP contribution in [0.3, 0.4) is 0 Å². The molecule has 1 unspecified atom stereocenters. The summed E-state index contributed by atoms with van der Waals surface area (Å²) in [5, 5.41) is 2.68. The molecule has 2 heterocycles. The summed E-state index contributed by atoms with van der Waals surface area (Å²) in [6.45, 7) is 2.24. The highest BCUT2D eigenvalue weighted by atomic mass is 32.2. The third kappa shape index (κ3) is 4.41. The topological polar surface area (TPSA) is 122 Å². The van der Waals surface area contributed by atoms with Gasteiger partial charge in [-0.2, -0.15) is 4.31 Å². The van der Waals surface area contributed by atoms with Crippen molar-refractivity contribution < 1.29 is 22.4 Å². The van der Waals surface area contributed by atoms with Crippen LogP contribution in [-0.4, -0.2) is 66.2 Å². The van der Waals surface area contributed by atoms with Gasteiger partial charge in [0.25, 0.3) is 5.91 Å². The van der Waals surface area contributed by atoms with Gasteiger partial charge in [-0.25, -0.2) is 13.2 Å². The molecular formula is C22H24N4O6S. The molecule has 1 fully saturated rings. The number of benzene rings is 2. The Balaban J connectivity index is 1.40. The Morgan fingerprint density at radius 2 is 1.70 bits per heavy atom. The molecule has 1 atom stereocenters. The Hall–Kier alpha value is -3.44. The summed E-state index contributed by atoms with van der Waals surface area (Å²) in [5.41, 5.74) is 1.15. The molecule has 1 aliphatic rings. The number of oxazole rings is 1. The number of fused-ring (bicyclic) bond motifs is 1. The number of aryl methyl sites for hydroxylation is 1. The molecule has 174 valence electrons. The van der Waals surface area contributed by atoms with E-state index in [2.05, 4.69) is 5.32 Å². The van der Waals surface area contributed by atoms with Crippen LogP contribution in [0.25, 0.3) is 11.1 Å². The fourth-order valence-corrected chi connectivity index (χ4v) is 5.22. The zero-order chi connectivity index (χ0) is 23.8. The minimum Gasteiger partial charge on any atom is -0.408 e. The van der Waals surface area contributed by atoms with Gasteiger partial charge in [0.2, 0.25) is 15.9 Å². The van der Waals surface area contributed by atoms with Gasteiger partial charge in [-0.15, -0.1) is 0 Å². The maximum atomic E-state index is 13.1. The van der Waals surface area contributed by atoms with Gasteiger partial charge in [0.1, 0.15) is 6.04 Å². The molecule has 1 aromatic heterocycles. The first-order valence-electron chi connectivity index (χ1n) is 10.4. The largest absolute Gasteiger partial charge is 0.419 e. The van der Waals surface area contributed by atoms with E-state index in [4.69, 9.17) is 4.42 Å². The molecule has 33 heavy (non-hydrogen) atoms. The van der Waals surface area contributed by atoms with Crippen molar-refractivity contribution in [2.24, 2.45) is 7.05 Å². The van der Waals surface area contributed by atoms with Gasteiger partial charge in [0.15, 0.2) is 5.58 Å². The van der Waals surface area contributed by atoms with E-state index in [-0.39, 0.29) is 48.5 Å². The zero-order valence-corrected chi connectivity index (χ0v) is 19.0. The Morgan fingerprint density at radius 1 is 1.03 bits per heavy atom. The number of sulfonamides is 1. The molecule has 0 radical (unpaired) electrons. The van der Waals surface area contributed by atoms with Crippen LogP contribution < -0.4 is 11.1 Å². The van der Waals surface area contributed by atoms with Gasteiger partial charge in [0.05, 0.1) is 10.4 Å². The molecule has 1 N–H and O–H groups in total. The van der Waals surface area contributed by atoms with Crippen molar-refractivity contribution in [3.05, 3.63) is 64.6 Å². The minimum atomic E-state index is -3.83. The second-order valence-electron chi connectivity index (χ2n) is 7.85. The number of hydrogen-bond donors (Lipinski definition) is 1. The third-order valence-corrected chi connectivity index (χ3v) is 7.60. The van der Waals surface area contributed by atoms with Gasteiger partial charge in [0, 0.05) is 44.9 Å². The monoisotopic (exact) mass is 472 g/mol. The van der Waals surface area contributed by atoms with Crippen LogP contribution in [0.4, 0.5) is 0 Å². The normalized spacial score (nSPS) is 16.0. The molecule has 11 heteroatoms. The lowest BCUT2D eigenvalue weighted by Gasteiger charge is -2.35. The molecule has 2 amide bonds. The first kappa shape index (κ1) is 22.7. The number of carbonyl (C=O) groups is 2. The average Bonchev–Trinajstić information content (AvgIpc) is 3.11. The third-order valence-electron chi connectivity index (χ3n) is 5.71. The number of piperazine rings is 1. The lowest BCUT2D eigenvalue weighted by Crippen LogP contribution is -2.55. The molecule has 10 nitrogen and oxygen atoms in total. The van der Waals surface area contributed by atoms with E-state index < -0.39 is 21.8 Å². The molecular weight excluding hydrogens is 448 g/mol. The van der Waals surface area contributed by atoms with Crippen molar-refractivity contribution in [3.8, 4) is 0 Å². The van der Waals surface area contributed by atoms with Gasteiger partial charge >= 0.3 is 5.76 Å². The van der Waals surface area contributed by atoms with Gasteiger partial charge in [-0.3, -0.25) is 14.2 Å². The second-order valence-corrected chi connectivity index (χ2v) is 9.78. The lowest BCUT2D eigenvalue weighted by atomic mass is 10.2. The predicted octanol–water partition coefficient (Wildman–Crippen LogP) is 0.783. The summed E-state index contributed by atoms with van der Waals surface area (Å²) < 4.78 is 33.8. The Kier molecular flexibility index (Phi) is 6.09. The van der Waals surface area contributed by atoms with Crippen LogP contribution in [0.1, 0.15) is 17.3 Å². The summed E-state index contributed by atoms with van der Waals surface area (Å²) in [6, 6.07) is 12.2. The van der Waals surface area contributed by atoms with Gasteiger partial charge in [-0.1, -0.05) is 18.2 Å². The van der Waals surface area contributed by atoms with E-state index in [0.29, 0.717) is 11.1 Å². The van der Waals surface area contributed by atoms with Gasteiger partial charge in [-0.05, 0) is 31.2 Å².